The molecule has 6 rings (SSSR count). The molecule has 1 atom stereocenters. The van der Waals surface area contributed by atoms with E-state index in [2.05, 4.69) is 99.8 Å². The highest BCUT2D eigenvalue weighted by Gasteiger charge is 2.19. The van der Waals surface area contributed by atoms with Crippen molar-refractivity contribution in [1.29, 1.82) is 0 Å². The van der Waals surface area contributed by atoms with Gasteiger partial charge in [-0.1, -0.05) is 54.6 Å². The van der Waals surface area contributed by atoms with Gasteiger partial charge >= 0.3 is 0 Å². The van der Waals surface area contributed by atoms with Crippen LogP contribution in [-0.4, -0.2) is 23.1 Å². The van der Waals surface area contributed by atoms with Crippen LogP contribution >= 0.6 is 0 Å². The number of hydrogen-bond donors (Lipinski definition) is 2. The maximum Gasteiger partial charge on any atom is 0.0456 e. The second-order valence-electron chi connectivity index (χ2n) is 9.88. The molecular weight excluding hydrogens is 414 g/mol. The molecule has 34 heavy (non-hydrogen) atoms. The number of benzene rings is 3. The quantitative estimate of drug-likeness (QED) is 0.257. The Morgan fingerprint density at radius 3 is 2.21 bits per heavy atom. The van der Waals surface area contributed by atoms with Gasteiger partial charge in [0.2, 0.25) is 0 Å². The lowest BCUT2D eigenvalue weighted by Gasteiger charge is -2.32. The number of aromatic amines is 2. The first kappa shape index (κ1) is 21.1. The number of aromatic nitrogens is 2. The van der Waals surface area contributed by atoms with Gasteiger partial charge in [0, 0.05) is 41.2 Å². The first-order valence-corrected chi connectivity index (χ1v) is 12.8. The predicted octanol–water partition coefficient (Wildman–Crippen LogP) is 7.28. The van der Waals surface area contributed by atoms with Gasteiger partial charge in [0.1, 0.15) is 0 Å². The molecule has 0 bridgehead atoms. The Kier molecular flexibility index (Phi) is 5.85. The van der Waals surface area contributed by atoms with Crippen LogP contribution < -0.4 is 4.90 Å². The van der Waals surface area contributed by atoms with Gasteiger partial charge in [-0.3, -0.25) is 0 Å². The summed E-state index contributed by atoms with van der Waals surface area (Å²) in [6.07, 6.45) is 7.08. The SMILES string of the molecule is c1ccc2c(c1)CCCN2CCC(CCc1cc2ccccc2[nH]1)Cc1cc2ccccc2[nH]1. The summed E-state index contributed by atoms with van der Waals surface area (Å²) in [5.74, 6) is 0.633. The highest BCUT2D eigenvalue weighted by atomic mass is 15.1. The van der Waals surface area contributed by atoms with Crippen molar-refractivity contribution in [2.45, 2.75) is 38.5 Å². The minimum absolute atomic E-state index is 0.633. The van der Waals surface area contributed by atoms with Crippen molar-refractivity contribution in [1.82, 2.24) is 9.97 Å². The van der Waals surface area contributed by atoms with E-state index in [0.29, 0.717) is 5.92 Å². The molecule has 0 amide bonds. The van der Waals surface area contributed by atoms with Crippen molar-refractivity contribution in [2.24, 2.45) is 5.92 Å². The van der Waals surface area contributed by atoms with Gasteiger partial charge in [-0.2, -0.15) is 0 Å². The van der Waals surface area contributed by atoms with Crippen molar-refractivity contribution in [3.63, 3.8) is 0 Å². The minimum Gasteiger partial charge on any atom is -0.371 e. The summed E-state index contributed by atoms with van der Waals surface area (Å²) < 4.78 is 0. The summed E-state index contributed by atoms with van der Waals surface area (Å²) >= 11 is 0. The first-order chi connectivity index (χ1) is 16.8. The lowest BCUT2D eigenvalue weighted by Crippen LogP contribution is -2.31. The van der Waals surface area contributed by atoms with Crippen molar-refractivity contribution < 1.29 is 0 Å². The van der Waals surface area contributed by atoms with E-state index in [-0.39, 0.29) is 0 Å². The molecule has 0 saturated heterocycles. The molecule has 172 valence electrons. The van der Waals surface area contributed by atoms with Crippen LogP contribution in [0.15, 0.2) is 84.9 Å². The summed E-state index contributed by atoms with van der Waals surface area (Å²) in [5.41, 5.74) is 8.17. The van der Waals surface area contributed by atoms with Crippen LogP contribution in [-0.2, 0) is 19.3 Å². The Morgan fingerprint density at radius 1 is 0.735 bits per heavy atom. The highest BCUT2D eigenvalue weighted by molar-refractivity contribution is 5.80. The molecule has 1 unspecified atom stereocenters. The number of fused-ring (bicyclic) bond motifs is 3. The summed E-state index contributed by atoms with van der Waals surface area (Å²) in [6.45, 7) is 2.31. The number of nitrogens with zero attached hydrogens (tertiary/aromatic N) is 1. The van der Waals surface area contributed by atoms with Gasteiger partial charge in [0.15, 0.2) is 0 Å². The number of aryl methyl sites for hydroxylation is 2. The number of nitrogens with one attached hydrogen (secondary N) is 2. The van der Waals surface area contributed by atoms with Gasteiger partial charge in [0.25, 0.3) is 0 Å². The zero-order valence-electron chi connectivity index (χ0n) is 19.8. The Labute approximate surface area is 201 Å². The van der Waals surface area contributed by atoms with E-state index in [1.807, 2.05) is 0 Å². The summed E-state index contributed by atoms with van der Waals surface area (Å²) in [7, 11) is 0. The molecule has 3 aromatic carbocycles. The van der Waals surface area contributed by atoms with Gasteiger partial charge in [0.05, 0.1) is 0 Å². The van der Waals surface area contributed by atoms with Crippen LogP contribution in [0.4, 0.5) is 5.69 Å². The third kappa shape index (κ3) is 4.48. The lowest BCUT2D eigenvalue weighted by molar-refractivity contribution is 0.439. The molecule has 2 N–H and O–H groups in total. The number of anilines is 1. The topological polar surface area (TPSA) is 34.8 Å². The average Bonchev–Trinajstić information content (AvgIpc) is 3.48. The average molecular weight is 448 g/mol. The second kappa shape index (κ2) is 9.42. The van der Waals surface area contributed by atoms with Crippen LogP contribution in [0.1, 0.15) is 36.2 Å². The van der Waals surface area contributed by atoms with Gasteiger partial charge in [-0.05, 0) is 91.1 Å². The van der Waals surface area contributed by atoms with Crippen LogP contribution in [0.5, 0.6) is 0 Å². The Hall–Kier alpha value is -3.46. The predicted molar refractivity (Wildman–Crippen MR) is 144 cm³/mol. The van der Waals surface area contributed by atoms with Crippen LogP contribution in [0.25, 0.3) is 21.8 Å². The van der Waals surface area contributed by atoms with E-state index >= 15 is 0 Å². The number of hydrogen-bond acceptors (Lipinski definition) is 1. The molecule has 0 fully saturated rings. The maximum absolute atomic E-state index is 3.68. The van der Waals surface area contributed by atoms with Crippen LogP contribution in [0.3, 0.4) is 0 Å². The second-order valence-corrected chi connectivity index (χ2v) is 9.88. The zero-order valence-corrected chi connectivity index (χ0v) is 19.8. The third-order valence-corrected chi connectivity index (χ3v) is 7.52. The molecule has 0 aliphatic carbocycles. The van der Waals surface area contributed by atoms with E-state index in [1.165, 1.54) is 76.7 Å². The smallest absolute Gasteiger partial charge is 0.0456 e. The molecule has 2 aromatic heterocycles. The monoisotopic (exact) mass is 447 g/mol. The maximum atomic E-state index is 3.68. The normalized spacial score (nSPS) is 14.5. The summed E-state index contributed by atoms with van der Waals surface area (Å²) in [6, 6.07) is 30.9. The molecule has 1 aliphatic heterocycles. The van der Waals surface area contributed by atoms with Crippen molar-refractivity contribution in [2.75, 3.05) is 18.0 Å². The lowest BCUT2D eigenvalue weighted by atomic mass is 9.92. The Bertz CT molecular complexity index is 1330. The molecule has 0 radical (unpaired) electrons. The molecule has 3 heterocycles. The number of para-hydroxylation sites is 3. The number of H-pyrrole nitrogens is 2. The molecule has 3 nitrogen and oxygen atoms in total. The summed E-state index contributed by atoms with van der Waals surface area (Å²) in [5, 5.41) is 2.63. The van der Waals surface area contributed by atoms with Gasteiger partial charge in [-0.15, -0.1) is 0 Å². The minimum atomic E-state index is 0.633. The zero-order chi connectivity index (χ0) is 22.7. The van der Waals surface area contributed by atoms with Crippen LogP contribution in [0, 0.1) is 5.92 Å². The molecule has 0 spiro atoms. The molecule has 3 heteroatoms. The fourth-order valence-corrected chi connectivity index (χ4v) is 5.71. The molecule has 5 aromatic rings. The van der Waals surface area contributed by atoms with Gasteiger partial charge < -0.3 is 14.9 Å². The van der Waals surface area contributed by atoms with E-state index in [9.17, 15) is 0 Å². The molecular formula is C31H33N3. The largest absolute Gasteiger partial charge is 0.371 e. The standard InChI is InChI=1S/C31H33N3/c1-4-12-29-25(9-1)21-27(32-29)16-15-23(20-28-22-26-10-2-5-13-30(26)33-28)17-19-34-18-7-11-24-8-3-6-14-31(24)34/h1-6,8-10,12-14,21-23,32-33H,7,11,15-20H2. The fraction of sp³-hybridized carbons (Fsp3) is 0.290. The first-order valence-electron chi connectivity index (χ1n) is 12.8. The third-order valence-electron chi connectivity index (χ3n) is 7.52. The van der Waals surface area contributed by atoms with Crippen LogP contribution in [0.2, 0.25) is 0 Å². The molecule has 1 aliphatic rings. The number of rotatable bonds is 8. The highest BCUT2D eigenvalue weighted by Crippen LogP contribution is 2.29. The van der Waals surface area contributed by atoms with Crippen molar-refractivity contribution in [3.05, 3.63) is 102 Å². The Morgan fingerprint density at radius 2 is 1.41 bits per heavy atom. The summed E-state index contributed by atoms with van der Waals surface area (Å²) in [4.78, 5) is 9.94. The molecule has 0 saturated carbocycles. The van der Waals surface area contributed by atoms with E-state index in [0.717, 1.165) is 19.4 Å². The van der Waals surface area contributed by atoms with E-state index in [1.54, 1.807) is 0 Å². The van der Waals surface area contributed by atoms with Gasteiger partial charge in [-0.25, -0.2) is 0 Å². The van der Waals surface area contributed by atoms with E-state index < -0.39 is 0 Å². The Balaban J connectivity index is 1.19. The fourth-order valence-electron chi connectivity index (χ4n) is 5.71. The van der Waals surface area contributed by atoms with E-state index in [4.69, 9.17) is 0 Å². The van der Waals surface area contributed by atoms with Crippen molar-refractivity contribution >= 4 is 27.5 Å². The van der Waals surface area contributed by atoms with Crippen molar-refractivity contribution in [3.8, 4) is 0 Å².